The van der Waals surface area contributed by atoms with Crippen molar-refractivity contribution in [2.24, 2.45) is 0 Å². The molecule has 2 nitrogen and oxygen atoms in total. The number of hydrogen-bond acceptors (Lipinski definition) is 2. The molecule has 13 heavy (non-hydrogen) atoms. The lowest BCUT2D eigenvalue weighted by Gasteiger charge is -2.22. The van der Waals surface area contributed by atoms with E-state index >= 15 is 0 Å². The van der Waals surface area contributed by atoms with E-state index < -0.39 is 5.60 Å². The lowest BCUT2D eigenvalue weighted by Crippen LogP contribution is -2.20. The minimum absolute atomic E-state index is 0.263. The number of pyridine rings is 1. The van der Waals surface area contributed by atoms with Crippen molar-refractivity contribution in [2.75, 3.05) is 0 Å². The van der Waals surface area contributed by atoms with Crippen LogP contribution in [0.2, 0.25) is 10.3 Å². The Bertz CT molecular complexity index is 312. The SMILES string of the molecule is CCC(C)(O)c1ccc(Cl)nc1Cl. The Morgan fingerprint density at radius 3 is 2.54 bits per heavy atom. The van der Waals surface area contributed by atoms with Crippen LogP contribution in [0.4, 0.5) is 0 Å². The van der Waals surface area contributed by atoms with Crippen LogP contribution in [0.1, 0.15) is 25.8 Å². The van der Waals surface area contributed by atoms with E-state index in [9.17, 15) is 5.11 Å². The number of aromatic nitrogens is 1. The molecule has 1 rings (SSSR count). The summed E-state index contributed by atoms with van der Waals surface area (Å²) in [5.74, 6) is 0. The van der Waals surface area contributed by atoms with Crippen LogP contribution >= 0.6 is 23.2 Å². The highest BCUT2D eigenvalue weighted by Gasteiger charge is 2.23. The summed E-state index contributed by atoms with van der Waals surface area (Å²) in [7, 11) is 0. The van der Waals surface area contributed by atoms with Crippen LogP contribution in [0.15, 0.2) is 12.1 Å². The van der Waals surface area contributed by atoms with Gasteiger partial charge in [0.25, 0.3) is 0 Å². The van der Waals surface area contributed by atoms with E-state index in [0.29, 0.717) is 17.1 Å². The molecule has 1 N–H and O–H groups in total. The van der Waals surface area contributed by atoms with Crippen molar-refractivity contribution in [3.8, 4) is 0 Å². The first kappa shape index (κ1) is 10.8. The third-order valence-electron chi connectivity index (χ3n) is 2.08. The van der Waals surface area contributed by atoms with E-state index in [2.05, 4.69) is 4.98 Å². The second kappa shape index (κ2) is 3.82. The van der Waals surface area contributed by atoms with Gasteiger partial charge in [-0.3, -0.25) is 0 Å². The van der Waals surface area contributed by atoms with Crippen molar-refractivity contribution < 1.29 is 5.11 Å². The molecule has 0 radical (unpaired) electrons. The minimum Gasteiger partial charge on any atom is -0.385 e. The van der Waals surface area contributed by atoms with E-state index in [1.165, 1.54) is 0 Å². The Labute approximate surface area is 87.5 Å². The standard InChI is InChI=1S/C9H11Cl2NO/c1-3-9(2,13)6-4-5-7(10)12-8(6)11/h4-5,13H,3H2,1-2H3. The van der Waals surface area contributed by atoms with Crippen molar-refractivity contribution in [3.05, 3.63) is 28.0 Å². The zero-order valence-electron chi connectivity index (χ0n) is 7.51. The predicted octanol–water partition coefficient (Wildman–Crippen LogP) is 3.01. The molecule has 1 atom stereocenters. The van der Waals surface area contributed by atoms with Crippen LogP contribution in [0.3, 0.4) is 0 Å². The van der Waals surface area contributed by atoms with Gasteiger partial charge in [-0.2, -0.15) is 0 Å². The summed E-state index contributed by atoms with van der Waals surface area (Å²) in [5.41, 5.74) is -0.324. The van der Waals surface area contributed by atoms with Gasteiger partial charge in [-0.15, -0.1) is 0 Å². The van der Waals surface area contributed by atoms with Gasteiger partial charge < -0.3 is 5.11 Å². The third kappa shape index (κ3) is 2.33. The zero-order valence-corrected chi connectivity index (χ0v) is 9.02. The summed E-state index contributed by atoms with van der Waals surface area (Å²) in [6.07, 6.45) is 0.579. The molecular weight excluding hydrogens is 209 g/mol. The van der Waals surface area contributed by atoms with Gasteiger partial charge in [0.05, 0.1) is 5.60 Å². The van der Waals surface area contributed by atoms with Crippen LogP contribution in [0.5, 0.6) is 0 Å². The maximum absolute atomic E-state index is 9.90. The molecule has 1 aromatic rings. The molecule has 0 amide bonds. The topological polar surface area (TPSA) is 33.1 Å². The zero-order chi connectivity index (χ0) is 10.1. The van der Waals surface area contributed by atoms with Gasteiger partial charge >= 0.3 is 0 Å². The van der Waals surface area contributed by atoms with Crippen LogP contribution in [-0.4, -0.2) is 10.1 Å². The van der Waals surface area contributed by atoms with Gasteiger partial charge in [0.15, 0.2) is 0 Å². The summed E-state index contributed by atoms with van der Waals surface area (Å²) in [6.45, 7) is 3.58. The smallest absolute Gasteiger partial charge is 0.136 e. The number of halogens is 2. The van der Waals surface area contributed by atoms with Crippen molar-refractivity contribution in [3.63, 3.8) is 0 Å². The summed E-state index contributed by atoms with van der Waals surface area (Å²) in [5, 5.41) is 10.5. The first-order valence-electron chi connectivity index (χ1n) is 4.02. The van der Waals surface area contributed by atoms with Gasteiger partial charge in [0, 0.05) is 5.56 Å². The minimum atomic E-state index is -0.936. The van der Waals surface area contributed by atoms with E-state index in [1.807, 2.05) is 6.92 Å². The number of aliphatic hydroxyl groups is 1. The van der Waals surface area contributed by atoms with Crippen molar-refractivity contribution in [1.82, 2.24) is 4.98 Å². The largest absolute Gasteiger partial charge is 0.385 e. The third-order valence-corrected chi connectivity index (χ3v) is 2.58. The average Bonchev–Trinajstić information content (AvgIpc) is 2.03. The molecule has 0 saturated carbocycles. The Kier molecular flexibility index (Phi) is 3.17. The number of hydrogen-bond donors (Lipinski definition) is 1. The molecule has 0 aliphatic carbocycles. The molecule has 0 spiro atoms. The summed E-state index contributed by atoms with van der Waals surface area (Å²) >= 11 is 11.5. The first-order chi connectivity index (χ1) is 5.97. The Morgan fingerprint density at radius 1 is 1.46 bits per heavy atom. The van der Waals surface area contributed by atoms with E-state index in [0.717, 1.165) is 0 Å². The van der Waals surface area contributed by atoms with Crippen LogP contribution < -0.4 is 0 Å². The lowest BCUT2D eigenvalue weighted by molar-refractivity contribution is 0.0528. The molecule has 1 heterocycles. The van der Waals surface area contributed by atoms with Crippen molar-refractivity contribution in [2.45, 2.75) is 25.9 Å². The molecule has 1 aromatic heterocycles. The van der Waals surface area contributed by atoms with Gasteiger partial charge in [-0.05, 0) is 19.4 Å². The second-order valence-corrected chi connectivity index (χ2v) is 3.85. The molecule has 0 aliphatic rings. The fraction of sp³-hybridized carbons (Fsp3) is 0.444. The summed E-state index contributed by atoms with van der Waals surface area (Å²) in [4.78, 5) is 3.86. The Balaban J connectivity index is 3.16. The number of rotatable bonds is 2. The molecule has 4 heteroatoms. The fourth-order valence-electron chi connectivity index (χ4n) is 1.00. The Morgan fingerprint density at radius 2 is 2.08 bits per heavy atom. The summed E-state index contributed by atoms with van der Waals surface area (Å²) < 4.78 is 0. The quantitative estimate of drug-likeness (QED) is 0.777. The van der Waals surface area contributed by atoms with Crippen molar-refractivity contribution in [1.29, 1.82) is 0 Å². The molecule has 0 fully saturated rings. The maximum atomic E-state index is 9.90. The van der Waals surface area contributed by atoms with Gasteiger partial charge in [0.2, 0.25) is 0 Å². The average molecular weight is 220 g/mol. The molecule has 0 bridgehead atoms. The molecule has 0 saturated heterocycles. The second-order valence-electron chi connectivity index (χ2n) is 3.10. The molecule has 0 aromatic carbocycles. The van der Waals surface area contributed by atoms with Crippen LogP contribution in [-0.2, 0) is 5.60 Å². The summed E-state index contributed by atoms with van der Waals surface area (Å²) in [6, 6.07) is 3.31. The van der Waals surface area contributed by atoms with Crippen molar-refractivity contribution >= 4 is 23.2 Å². The monoisotopic (exact) mass is 219 g/mol. The fourth-order valence-corrected chi connectivity index (χ4v) is 1.55. The number of nitrogens with zero attached hydrogens (tertiary/aromatic N) is 1. The molecular formula is C9H11Cl2NO. The van der Waals surface area contributed by atoms with Crippen LogP contribution in [0.25, 0.3) is 0 Å². The molecule has 72 valence electrons. The highest BCUT2D eigenvalue weighted by molar-refractivity contribution is 6.32. The normalized spacial score (nSPS) is 15.5. The molecule has 0 aliphatic heterocycles. The molecule has 1 unspecified atom stereocenters. The lowest BCUT2D eigenvalue weighted by atomic mass is 9.95. The predicted molar refractivity (Wildman–Crippen MR) is 54.1 cm³/mol. The van der Waals surface area contributed by atoms with E-state index in [-0.39, 0.29) is 5.15 Å². The van der Waals surface area contributed by atoms with Gasteiger partial charge in [0.1, 0.15) is 10.3 Å². The van der Waals surface area contributed by atoms with E-state index in [4.69, 9.17) is 23.2 Å². The van der Waals surface area contributed by atoms with Gasteiger partial charge in [-0.1, -0.05) is 36.2 Å². The maximum Gasteiger partial charge on any atom is 0.136 e. The highest BCUT2D eigenvalue weighted by atomic mass is 35.5. The van der Waals surface area contributed by atoms with E-state index in [1.54, 1.807) is 19.1 Å². The Hall–Kier alpha value is -0.310. The first-order valence-corrected chi connectivity index (χ1v) is 4.78. The van der Waals surface area contributed by atoms with Gasteiger partial charge in [-0.25, -0.2) is 4.98 Å². The van der Waals surface area contributed by atoms with Crippen LogP contribution in [0, 0.1) is 0 Å². The highest BCUT2D eigenvalue weighted by Crippen LogP contribution is 2.30.